The van der Waals surface area contributed by atoms with Crippen molar-refractivity contribution in [3.63, 3.8) is 0 Å². The third-order valence-electron chi connectivity index (χ3n) is 7.43. The number of amides is 2. The molecule has 2 aliphatic heterocycles. The molecule has 206 valence electrons. The molecule has 2 aliphatic rings. The number of anilines is 3. The second kappa shape index (κ2) is 11.5. The first-order chi connectivity index (χ1) is 19.9. The summed E-state index contributed by atoms with van der Waals surface area (Å²) in [7, 11) is 2.14. The Morgan fingerprint density at radius 3 is 2.39 bits per heavy atom. The summed E-state index contributed by atoms with van der Waals surface area (Å²) in [5.74, 6) is -1.06. The molecule has 1 saturated heterocycles. The Labute approximate surface area is 242 Å². The van der Waals surface area contributed by atoms with Gasteiger partial charge < -0.3 is 20.4 Å². The molecule has 3 aromatic carbocycles. The highest BCUT2D eigenvalue weighted by atomic mass is 32.1. The summed E-state index contributed by atoms with van der Waals surface area (Å²) in [6.07, 6.45) is 1.66. The average Bonchev–Trinajstić information content (AvgIpc) is 3.64. The van der Waals surface area contributed by atoms with Gasteiger partial charge in [-0.25, -0.2) is 0 Å². The molecule has 0 radical (unpaired) electrons. The minimum atomic E-state index is -0.530. The molecule has 0 saturated carbocycles. The maximum absolute atomic E-state index is 13.2. The lowest BCUT2D eigenvalue weighted by Gasteiger charge is -2.34. The van der Waals surface area contributed by atoms with Crippen molar-refractivity contribution in [3.8, 4) is 0 Å². The van der Waals surface area contributed by atoms with Crippen molar-refractivity contribution in [1.82, 2.24) is 4.90 Å². The molecule has 9 heteroatoms. The number of carbonyl (C=O) groups is 3. The van der Waals surface area contributed by atoms with Crippen molar-refractivity contribution in [2.45, 2.75) is 5.92 Å². The summed E-state index contributed by atoms with van der Waals surface area (Å²) in [5, 5.41) is 7.57. The zero-order valence-electron chi connectivity index (χ0n) is 22.5. The fourth-order valence-corrected chi connectivity index (χ4v) is 5.64. The van der Waals surface area contributed by atoms with Gasteiger partial charge in [0.1, 0.15) is 5.92 Å². The summed E-state index contributed by atoms with van der Waals surface area (Å²) in [6, 6.07) is 23.7. The number of rotatable bonds is 7. The SMILES string of the molecule is CN1CCN(c2ccc(N=CC3C(=O)Nc4cc(C(=O)c5ccc(NC(=O)c6cccs6)cc5)ccc43)cc2)CC1. The van der Waals surface area contributed by atoms with Crippen LogP contribution < -0.4 is 15.5 Å². The van der Waals surface area contributed by atoms with E-state index < -0.39 is 5.92 Å². The molecule has 8 nitrogen and oxygen atoms in total. The van der Waals surface area contributed by atoms with E-state index in [0.29, 0.717) is 27.4 Å². The summed E-state index contributed by atoms with van der Waals surface area (Å²) >= 11 is 1.37. The maximum Gasteiger partial charge on any atom is 0.265 e. The van der Waals surface area contributed by atoms with Crippen LogP contribution in [0.3, 0.4) is 0 Å². The van der Waals surface area contributed by atoms with Crippen LogP contribution in [0.5, 0.6) is 0 Å². The summed E-state index contributed by atoms with van der Waals surface area (Å²) < 4.78 is 0. The average molecular weight is 564 g/mol. The highest BCUT2D eigenvalue weighted by Crippen LogP contribution is 2.33. The summed E-state index contributed by atoms with van der Waals surface area (Å²) in [5.41, 5.74) is 4.93. The van der Waals surface area contributed by atoms with Gasteiger partial charge in [0.2, 0.25) is 5.91 Å². The molecule has 3 heterocycles. The van der Waals surface area contributed by atoms with Crippen molar-refractivity contribution in [2.75, 3.05) is 48.8 Å². The Morgan fingerprint density at radius 2 is 1.68 bits per heavy atom. The van der Waals surface area contributed by atoms with E-state index >= 15 is 0 Å². The van der Waals surface area contributed by atoms with Gasteiger partial charge in [-0.1, -0.05) is 18.2 Å². The zero-order valence-corrected chi connectivity index (χ0v) is 23.4. The van der Waals surface area contributed by atoms with Gasteiger partial charge in [0.25, 0.3) is 5.91 Å². The van der Waals surface area contributed by atoms with Gasteiger partial charge in [-0.2, -0.15) is 0 Å². The van der Waals surface area contributed by atoms with Crippen LogP contribution in [0, 0.1) is 0 Å². The number of ketones is 1. The molecule has 1 unspecified atom stereocenters. The highest BCUT2D eigenvalue weighted by Gasteiger charge is 2.30. The van der Waals surface area contributed by atoms with E-state index in [9.17, 15) is 14.4 Å². The zero-order chi connectivity index (χ0) is 28.3. The number of carbonyl (C=O) groups excluding carboxylic acids is 3. The molecule has 4 aromatic rings. The van der Waals surface area contributed by atoms with Crippen LogP contribution in [0.15, 0.2) is 89.2 Å². The quantitative estimate of drug-likeness (QED) is 0.231. The Hall–Kier alpha value is -4.60. The topological polar surface area (TPSA) is 94.1 Å². The largest absolute Gasteiger partial charge is 0.369 e. The van der Waals surface area contributed by atoms with E-state index in [2.05, 4.69) is 44.6 Å². The highest BCUT2D eigenvalue weighted by molar-refractivity contribution is 7.12. The van der Waals surface area contributed by atoms with Gasteiger partial charge in [-0.3, -0.25) is 19.4 Å². The Balaban J connectivity index is 1.11. The molecule has 2 N–H and O–H groups in total. The van der Waals surface area contributed by atoms with Gasteiger partial charge in [0.05, 0.1) is 10.6 Å². The van der Waals surface area contributed by atoms with Crippen molar-refractivity contribution in [3.05, 3.63) is 106 Å². The van der Waals surface area contributed by atoms with E-state index in [4.69, 9.17) is 0 Å². The lowest BCUT2D eigenvalue weighted by Crippen LogP contribution is -2.44. The Bertz CT molecular complexity index is 1610. The molecule has 1 fully saturated rings. The predicted octanol–water partition coefficient (Wildman–Crippen LogP) is 5.42. The normalized spacial score (nSPS) is 17.0. The second-order valence-corrected chi connectivity index (χ2v) is 11.1. The van der Waals surface area contributed by atoms with Crippen LogP contribution in [-0.4, -0.2) is 61.9 Å². The van der Waals surface area contributed by atoms with E-state index in [1.165, 1.54) is 17.0 Å². The molecular weight excluding hydrogens is 534 g/mol. The fraction of sp³-hybridized carbons (Fsp3) is 0.188. The van der Waals surface area contributed by atoms with E-state index in [1.807, 2.05) is 29.6 Å². The number of hydrogen-bond acceptors (Lipinski definition) is 7. The van der Waals surface area contributed by atoms with Crippen molar-refractivity contribution in [1.29, 1.82) is 0 Å². The van der Waals surface area contributed by atoms with Crippen LogP contribution in [0.4, 0.5) is 22.7 Å². The fourth-order valence-electron chi connectivity index (χ4n) is 5.02. The van der Waals surface area contributed by atoms with Gasteiger partial charge in [0, 0.05) is 60.6 Å². The van der Waals surface area contributed by atoms with E-state index in [0.717, 1.165) is 37.4 Å². The van der Waals surface area contributed by atoms with Crippen LogP contribution in [0.2, 0.25) is 0 Å². The van der Waals surface area contributed by atoms with Gasteiger partial charge in [0.15, 0.2) is 5.78 Å². The number of nitrogens with one attached hydrogen (secondary N) is 2. The van der Waals surface area contributed by atoms with Gasteiger partial charge in [-0.05, 0) is 78.7 Å². The smallest absolute Gasteiger partial charge is 0.265 e. The molecule has 1 aromatic heterocycles. The lowest BCUT2D eigenvalue weighted by atomic mass is 9.97. The third-order valence-corrected chi connectivity index (χ3v) is 8.30. The Morgan fingerprint density at radius 1 is 0.951 bits per heavy atom. The minimum absolute atomic E-state index is 0.171. The van der Waals surface area contributed by atoms with Crippen molar-refractivity contribution < 1.29 is 14.4 Å². The molecule has 1 atom stereocenters. The number of nitrogens with zero attached hydrogens (tertiary/aromatic N) is 3. The lowest BCUT2D eigenvalue weighted by molar-refractivity contribution is -0.115. The van der Waals surface area contributed by atoms with Crippen LogP contribution >= 0.6 is 11.3 Å². The van der Waals surface area contributed by atoms with Crippen molar-refractivity contribution in [2.24, 2.45) is 4.99 Å². The first-order valence-corrected chi connectivity index (χ1v) is 14.3. The van der Waals surface area contributed by atoms with E-state index in [-0.39, 0.29) is 17.6 Å². The molecule has 0 bridgehead atoms. The summed E-state index contributed by atoms with van der Waals surface area (Å²) in [6.45, 7) is 4.10. The predicted molar refractivity (Wildman–Crippen MR) is 164 cm³/mol. The van der Waals surface area contributed by atoms with Crippen LogP contribution in [-0.2, 0) is 4.79 Å². The summed E-state index contributed by atoms with van der Waals surface area (Å²) in [4.78, 5) is 48.1. The van der Waals surface area contributed by atoms with Crippen LogP contribution in [0.25, 0.3) is 0 Å². The third kappa shape index (κ3) is 5.82. The second-order valence-electron chi connectivity index (χ2n) is 10.2. The molecule has 6 rings (SSSR count). The molecular formula is C32H29N5O3S. The number of fused-ring (bicyclic) bond motifs is 1. The van der Waals surface area contributed by atoms with Gasteiger partial charge >= 0.3 is 0 Å². The number of likely N-dealkylation sites (N-methyl/N-ethyl adjacent to an activating group) is 1. The van der Waals surface area contributed by atoms with E-state index in [1.54, 1.807) is 48.7 Å². The van der Waals surface area contributed by atoms with Crippen molar-refractivity contribution >= 4 is 57.9 Å². The first kappa shape index (κ1) is 26.6. The number of hydrogen-bond donors (Lipinski definition) is 2. The number of piperazine rings is 1. The first-order valence-electron chi connectivity index (χ1n) is 13.5. The number of benzene rings is 3. The number of thiophene rings is 1. The number of aliphatic imine (C=N–C) groups is 1. The standard InChI is InChI=1S/C32H29N5O3S/c1-36-14-16-37(17-15-36)25-11-9-23(10-12-25)33-20-27-26-13-6-22(19-28(26)35-31(27)39)30(38)21-4-7-24(8-5-21)34-32(40)29-3-2-18-41-29/h2-13,18-20,27H,14-17H2,1H3,(H,34,40)(H,35,39). The maximum atomic E-state index is 13.2. The Kier molecular flexibility index (Phi) is 7.45. The molecule has 2 amide bonds. The van der Waals surface area contributed by atoms with Gasteiger partial charge in [-0.15, -0.1) is 11.3 Å². The molecule has 0 aliphatic carbocycles. The molecule has 0 spiro atoms. The monoisotopic (exact) mass is 563 g/mol. The molecule has 41 heavy (non-hydrogen) atoms. The van der Waals surface area contributed by atoms with Crippen LogP contribution in [0.1, 0.15) is 37.1 Å². The minimum Gasteiger partial charge on any atom is -0.369 e.